The number of rotatable bonds is 8. The highest BCUT2D eigenvalue weighted by atomic mass is 16.5. The fourth-order valence-corrected chi connectivity index (χ4v) is 5.65. The molecule has 9 heteroatoms. The van der Waals surface area contributed by atoms with Gasteiger partial charge in [0.1, 0.15) is 11.8 Å². The fourth-order valence-electron chi connectivity index (χ4n) is 5.65. The maximum atomic E-state index is 12.1. The lowest BCUT2D eigenvalue weighted by Crippen LogP contribution is -2.59. The number of carbonyl (C=O) groups excluding carboxylic acids is 1. The van der Waals surface area contributed by atoms with E-state index >= 15 is 0 Å². The molecule has 5 rings (SSSR count). The molecule has 192 valence electrons. The van der Waals surface area contributed by atoms with E-state index in [9.17, 15) is 10.1 Å². The first-order valence-electron chi connectivity index (χ1n) is 12.7. The van der Waals surface area contributed by atoms with E-state index in [4.69, 9.17) is 9.72 Å². The summed E-state index contributed by atoms with van der Waals surface area (Å²) in [6.45, 7) is 10.0. The van der Waals surface area contributed by atoms with Crippen LogP contribution in [-0.4, -0.2) is 84.3 Å². The van der Waals surface area contributed by atoms with Gasteiger partial charge < -0.3 is 19.4 Å². The monoisotopic (exact) mass is 499 g/mol. The minimum Gasteiger partial charge on any atom is -0.476 e. The average Bonchev–Trinajstić information content (AvgIpc) is 3.52. The smallest absolute Gasteiger partial charge is 0.245 e. The van der Waals surface area contributed by atoms with Crippen LogP contribution in [0.15, 0.2) is 37.2 Å². The Morgan fingerprint density at radius 1 is 1.32 bits per heavy atom. The van der Waals surface area contributed by atoms with Gasteiger partial charge in [0.25, 0.3) is 0 Å². The van der Waals surface area contributed by atoms with Crippen LogP contribution < -0.4 is 9.64 Å². The molecule has 0 saturated carbocycles. The SMILES string of the molecule is C=CC(=O)N1CC2(CCN(c3c(OCCCN(C)C)ncc(-c4c(C)ccc5[nH]ncc45)c3C#N)C2)C1. The Balaban J connectivity index is 1.54. The number of amides is 1. The van der Waals surface area contributed by atoms with E-state index in [2.05, 4.69) is 32.6 Å². The second-order valence-electron chi connectivity index (χ2n) is 10.5. The number of benzene rings is 1. The molecular weight excluding hydrogens is 466 g/mol. The highest BCUT2D eigenvalue weighted by Crippen LogP contribution is 2.46. The first-order chi connectivity index (χ1) is 17.9. The third-order valence-corrected chi connectivity index (χ3v) is 7.52. The zero-order chi connectivity index (χ0) is 26.2. The number of aromatic nitrogens is 3. The quantitative estimate of drug-likeness (QED) is 0.375. The van der Waals surface area contributed by atoms with Crippen molar-refractivity contribution in [2.45, 2.75) is 19.8 Å². The number of anilines is 1. The van der Waals surface area contributed by atoms with Gasteiger partial charge in [-0.25, -0.2) is 4.98 Å². The van der Waals surface area contributed by atoms with Gasteiger partial charge in [0, 0.05) is 55.3 Å². The van der Waals surface area contributed by atoms with E-state index in [0.717, 1.165) is 65.8 Å². The van der Waals surface area contributed by atoms with Crippen LogP contribution in [0.25, 0.3) is 22.0 Å². The first-order valence-corrected chi connectivity index (χ1v) is 12.7. The second kappa shape index (κ2) is 9.87. The number of likely N-dealkylation sites (tertiary alicyclic amines) is 1. The van der Waals surface area contributed by atoms with Crippen molar-refractivity contribution >= 4 is 22.5 Å². The standard InChI is InChI=1S/C28H33N7O2/c1-5-24(36)35-17-28(18-35)9-11-34(16-28)26-20(13-29)21(14-30-27(26)37-12-6-10-33(3)4)25-19(2)7-8-23-22(25)15-31-32-23/h5,7-8,14-15H,1,6,9-12,16-18H2,2-4H3,(H,31,32). The Labute approximate surface area is 217 Å². The molecule has 2 aliphatic heterocycles. The van der Waals surface area contributed by atoms with Gasteiger partial charge in [0.05, 0.1) is 23.9 Å². The normalized spacial score (nSPS) is 16.3. The largest absolute Gasteiger partial charge is 0.476 e. The van der Waals surface area contributed by atoms with Crippen molar-refractivity contribution in [3.05, 3.63) is 48.3 Å². The molecule has 0 unspecified atom stereocenters. The molecule has 0 aliphatic carbocycles. The maximum Gasteiger partial charge on any atom is 0.245 e. The van der Waals surface area contributed by atoms with Gasteiger partial charge >= 0.3 is 0 Å². The van der Waals surface area contributed by atoms with Crippen LogP contribution in [0.2, 0.25) is 0 Å². The summed E-state index contributed by atoms with van der Waals surface area (Å²) < 4.78 is 6.21. The number of pyridine rings is 1. The molecular formula is C28H33N7O2. The number of nitrogens with one attached hydrogen (secondary N) is 1. The Hall–Kier alpha value is -3.90. The molecule has 9 nitrogen and oxygen atoms in total. The van der Waals surface area contributed by atoms with Crippen molar-refractivity contribution in [3.63, 3.8) is 0 Å². The predicted molar refractivity (Wildman–Crippen MR) is 143 cm³/mol. The van der Waals surface area contributed by atoms with E-state index in [1.165, 1.54) is 6.08 Å². The Kier molecular flexibility index (Phi) is 6.61. The molecule has 1 N–H and O–H groups in total. The van der Waals surface area contributed by atoms with Crippen molar-refractivity contribution < 1.29 is 9.53 Å². The van der Waals surface area contributed by atoms with Gasteiger partial charge in [-0.1, -0.05) is 12.6 Å². The van der Waals surface area contributed by atoms with Crippen molar-refractivity contribution in [2.24, 2.45) is 5.41 Å². The molecule has 0 atom stereocenters. The molecule has 1 aromatic carbocycles. The van der Waals surface area contributed by atoms with Crippen molar-refractivity contribution in [3.8, 4) is 23.1 Å². The lowest BCUT2D eigenvalue weighted by Gasteiger charge is -2.47. The van der Waals surface area contributed by atoms with Gasteiger partial charge in [-0.15, -0.1) is 0 Å². The van der Waals surface area contributed by atoms with Gasteiger partial charge in [-0.05, 0) is 57.1 Å². The summed E-state index contributed by atoms with van der Waals surface area (Å²) >= 11 is 0. The third-order valence-electron chi connectivity index (χ3n) is 7.52. The van der Waals surface area contributed by atoms with Crippen molar-refractivity contribution in [1.29, 1.82) is 5.26 Å². The van der Waals surface area contributed by atoms with E-state index in [0.29, 0.717) is 31.1 Å². The molecule has 2 fully saturated rings. The summed E-state index contributed by atoms with van der Waals surface area (Å²) in [5.41, 5.74) is 5.02. The number of hydrogen-bond donors (Lipinski definition) is 1. The number of aromatic amines is 1. The molecule has 1 spiro atoms. The number of hydrogen-bond acceptors (Lipinski definition) is 7. The predicted octanol–water partition coefficient (Wildman–Crippen LogP) is 3.36. The first kappa shape index (κ1) is 24.8. The molecule has 0 bridgehead atoms. The Bertz CT molecular complexity index is 1380. The van der Waals surface area contributed by atoms with Crippen LogP contribution in [0.5, 0.6) is 5.88 Å². The Morgan fingerprint density at radius 3 is 2.86 bits per heavy atom. The number of aryl methyl sites for hydroxylation is 1. The second-order valence-corrected chi connectivity index (χ2v) is 10.5. The maximum absolute atomic E-state index is 12.1. The number of carbonyl (C=O) groups is 1. The zero-order valence-corrected chi connectivity index (χ0v) is 21.8. The van der Waals surface area contributed by atoms with Crippen LogP contribution in [0.1, 0.15) is 24.0 Å². The van der Waals surface area contributed by atoms with E-state index in [-0.39, 0.29) is 11.3 Å². The number of nitrogens with zero attached hydrogens (tertiary/aromatic N) is 6. The lowest BCUT2D eigenvalue weighted by molar-refractivity contribution is -0.136. The average molecular weight is 500 g/mol. The number of H-pyrrole nitrogens is 1. The van der Waals surface area contributed by atoms with E-state index in [1.54, 1.807) is 12.4 Å². The van der Waals surface area contributed by atoms with Crippen molar-refractivity contribution in [2.75, 3.05) is 58.3 Å². The highest BCUT2D eigenvalue weighted by molar-refractivity contribution is 5.98. The number of nitriles is 1. The van der Waals surface area contributed by atoms with Crippen LogP contribution in [0, 0.1) is 23.7 Å². The van der Waals surface area contributed by atoms with E-state index in [1.807, 2.05) is 38.1 Å². The molecule has 2 saturated heterocycles. The van der Waals surface area contributed by atoms with Gasteiger partial charge in [0.15, 0.2) is 0 Å². The van der Waals surface area contributed by atoms with Crippen molar-refractivity contribution in [1.82, 2.24) is 25.0 Å². The Morgan fingerprint density at radius 2 is 2.14 bits per heavy atom. The van der Waals surface area contributed by atoms with Crippen LogP contribution in [-0.2, 0) is 4.79 Å². The zero-order valence-electron chi connectivity index (χ0n) is 21.8. The third kappa shape index (κ3) is 4.53. The summed E-state index contributed by atoms with van der Waals surface area (Å²) in [7, 11) is 4.07. The molecule has 1 amide bonds. The minimum atomic E-state index is -0.0287. The van der Waals surface area contributed by atoms with Crippen LogP contribution >= 0.6 is 0 Å². The molecule has 2 aliphatic rings. The van der Waals surface area contributed by atoms with Crippen LogP contribution in [0.4, 0.5) is 5.69 Å². The summed E-state index contributed by atoms with van der Waals surface area (Å²) in [5.74, 6) is 0.463. The fraction of sp³-hybridized carbons (Fsp3) is 0.429. The molecule has 37 heavy (non-hydrogen) atoms. The highest BCUT2D eigenvalue weighted by Gasteiger charge is 2.49. The van der Waals surface area contributed by atoms with Gasteiger partial charge in [-0.2, -0.15) is 10.4 Å². The van der Waals surface area contributed by atoms with Gasteiger partial charge in [-0.3, -0.25) is 9.89 Å². The summed E-state index contributed by atoms with van der Waals surface area (Å²) in [4.78, 5) is 23.0. The van der Waals surface area contributed by atoms with Crippen LogP contribution in [0.3, 0.4) is 0 Å². The molecule has 4 heterocycles. The minimum absolute atomic E-state index is 0.0179. The molecule has 3 aromatic rings. The lowest BCUT2D eigenvalue weighted by atomic mass is 9.79. The molecule has 0 radical (unpaired) electrons. The summed E-state index contributed by atoms with van der Waals surface area (Å²) in [6, 6.07) is 6.53. The number of ether oxygens (including phenoxy) is 1. The topological polar surface area (TPSA) is 101 Å². The summed E-state index contributed by atoms with van der Waals surface area (Å²) in [5, 5.41) is 18.7. The number of fused-ring (bicyclic) bond motifs is 1. The molecule has 2 aromatic heterocycles. The van der Waals surface area contributed by atoms with Gasteiger partial charge in [0.2, 0.25) is 11.8 Å². The van der Waals surface area contributed by atoms with E-state index < -0.39 is 0 Å². The summed E-state index contributed by atoms with van der Waals surface area (Å²) in [6.07, 6.45) is 6.73.